The summed E-state index contributed by atoms with van der Waals surface area (Å²) >= 11 is 0. The summed E-state index contributed by atoms with van der Waals surface area (Å²) in [7, 11) is 0. The fraction of sp³-hybridized carbons (Fsp3) is 0.538. The monoisotopic (exact) mass is 203 g/mol. The maximum absolute atomic E-state index is 9.09. The average molecular weight is 203 g/mol. The van der Waals surface area contributed by atoms with Gasteiger partial charge in [-0.1, -0.05) is 12.1 Å². The molecule has 1 aromatic carbocycles. The molecule has 0 amide bonds. The lowest BCUT2D eigenvalue weighted by Crippen LogP contribution is -2.24. The second-order valence-corrected chi connectivity index (χ2v) is 4.92. The van der Waals surface area contributed by atoms with E-state index in [1.54, 1.807) is 0 Å². The molecule has 1 aliphatic carbocycles. The summed E-state index contributed by atoms with van der Waals surface area (Å²) < 4.78 is 0. The van der Waals surface area contributed by atoms with Crippen molar-refractivity contribution < 1.29 is 5.11 Å². The second-order valence-electron chi connectivity index (χ2n) is 4.92. The Labute approximate surface area is 90.5 Å². The first kappa shape index (κ1) is 9.22. The first-order valence-electron chi connectivity index (χ1n) is 5.72. The van der Waals surface area contributed by atoms with Gasteiger partial charge in [0.1, 0.15) is 0 Å². The molecule has 15 heavy (non-hydrogen) atoms. The molecule has 0 bridgehead atoms. The molecule has 2 nitrogen and oxygen atoms in total. The van der Waals surface area contributed by atoms with Crippen LogP contribution in [0.4, 0.5) is 5.69 Å². The summed E-state index contributed by atoms with van der Waals surface area (Å²) in [6, 6.07) is 8.69. The first-order chi connectivity index (χ1) is 7.29. The zero-order valence-corrected chi connectivity index (χ0v) is 9.06. The lowest BCUT2D eigenvalue weighted by atomic mass is 10.2. The minimum atomic E-state index is 0.386. The zero-order chi connectivity index (χ0) is 10.4. The summed E-state index contributed by atoms with van der Waals surface area (Å²) in [6.07, 6.45) is 0. The highest BCUT2D eigenvalue weighted by molar-refractivity contribution is 5.50. The molecule has 2 aliphatic rings. The molecule has 1 aliphatic heterocycles. The van der Waals surface area contributed by atoms with Gasteiger partial charge in [0.25, 0.3) is 0 Å². The number of piperidine rings is 1. The van der Waals surface area contributed by atoms with Gasteiger partial charge < -0.3 is 10.0 Å². The summed E-state index contributed by atoms with van der Waals surface area (Å²) in [4.78, 5) is 2.45. The largest absolute Gasteiger partial charge is 0.396 e. The van der Waals surface area contributed by atoms with Gasteiger partial charge in [-0.3, -0.25) is 0 Å². The van der Waals surface area contributed by atoms with Gasteiger partial charge in [0, 0.05) is 25.4 Å². The van der Waals surface area contributed by atoms with E-state index in [4.69, 9.17) is 5.11 Å². The van der Waals surface area contributed by atoms with E-state index in [9.17, 15) is 0 Å². The number of aliphatic hydroxyl groups is 1. The zero-order valence-electron chi connectivity index (χ0n) is 9.06. The fourth-order valence-corrected chi connectivity index (χ4v) is 2.96. The Morgan fingerprint density at radius 3 is 2.67 bits per heavy atom. The number of fused-ring (bicyclic) bond motifs is 1. The molecule has 2 heteroatoms. The maximum atomic E-state index is 9.09. The van der Waals surface area contributed by atoms with E-state index in [1.165, 1.54) is 11.3 Å². The molecule has 2 atom stereocenters. The second kappa shape index (κ2) is 3.24. The summed E-state index contributed by atoms with van der Waals surface area (Å²) in [5.41, 5.74) is 2.67. The van der Waals surface area contributed by atoms with Crippen molar-refractivity contribution in [2.75, 3.05) is 24.6 Å². The van der Waals surface area contributed by atoms with Crippen molar-refractivity contribution in [2.24, 2.45) is 17.8 Å². The van der Waals surface area contributed by atoms with E-state index in [0.29, 0.717) is 12.5 Å². The Hall–Kier alpha value is -1.02. The smallest absolute Gasteiger partial charge is 0.0466 e. The third-order valence-electron chi connectivity index (χ3n) is 3.95. The Kier molecular flexibility index (Phi) is 1.99. The molecule has 1 aromatic rings. The van der Waals surface area contributed by atoms with Crippen LogP contribution >= 0.6 is 0 Å². The molecular weight excluding hydrogens is 186 g/mol. The molecule has 2 fully saturated rings. The molecule has 1 heterocycles. The van der Waals surface area contributed by atoms with Gasteiger partial charge >= 0.3 is 0 Å². The van der Waals surface area contributed by atoms with E-state index in [1.807, 2.05) is 0 Å². The molecule has 1 saturated heterocycles. The number of hydrogen-bond acceptors (Lipinski definition) is 2. The predicted octanol–water partition coefficient (Wildman–Crippen LogP) is 1.67. The number of aryl methyl sites for hydroxylation is 1. The van der Waals surface area contributed by atoms with E-state index >= 15 is 0 Å². The third-order valence-corrected chi connectivity index (χ3v) is 3.95. The number of benzene rings is 1. The van der Waals surface area contributed by atoms with Crippen LogP contribution in [0.15, 0.2) is 24.3 Å². The highest BCUT2D eigenvalue weighted by Crippen LogP contribution is 2.52. The molecule has 80 valence electrons. The first-order valence-corrected chi connectivity index (χ1v) is 5.72. The predicted molar refractivity (Wildman–Crippen MR) is 60.9 cm³/mol. The van der Waals surface area contributed by atoms with Gasteiger partial charge in [-0.25, -0.2) is 0 Å². The van der Waals surface area contributed by atoms with Crippen molar-refractivity contribution >= 4 is 5.69 Å². The number of rotatable bonds is 2. The Balaban J connectivity index is 1.72. The molecule has 1 saturated carbocycles. The SMILES string of the molecule is Cc1cccc(N2CC3C(CO)C3C2)c1. The van der Waals surface area contributed by atoms with Crippen LogP contribution in [0.5, 0.6) is 0 Å². The normalized spacial score (nSPS) is 32.9. The quantitative estimate of drug-likeness (QED) is 0.790. The Morgan fingerprint density at radius 2 is 2.07 bits per heavy atom. The summed E-state index contributed by atoms with van der Waals surface area (Å²) in [5, 5.41) is 9.09. The van der Waals surface area contributed by atoms with Crippen LogP contribution in [-0.4, -0.2) is 24.8 Å². The highest BCUT2D eigenvalue weighted by atomic mass is 16.3. The Bertz CT molecular complexity index is 365. The van der Waals surface area contributed by atoms with Crippen LogP contribution in [-0.2, 0) is 0 Å². The third kappa shape index (κ3) is 1.44. The molecule has 0 radical (unpaired) electrons. The van der Waals surface area contributed by atoms with Crippen LogP contribution in [0.3, 0.4) is 0 Å². The van der Waals surface area contributed by atoms with Gasteiger partial charge in [0.15, 0.2) is 0 Å². The van der Waals surface area contributed by atoms with Gasteiger partial charge in [-0.05, 0) is 42.4 Å². The minimum absolute atomic E-state index is 0.386. The molecule has 0 spiro atoms. The molecular formula is C13H17NO. The highest BCUT2D eigenvalue weighted by Gasteiger charge is 2.55. The standard InChI is InChI=1S/C13H17NO/c1-9-3-2-4-10(5-9)14-6-11-12(7-14)13(11)8-15/h2-5,11-13,15H,6-8H2,1H3. The summed E-state index contributed by atoms with van der Waals surface area (Å²) in [5.74, 6) is 2.12. The number of hydrogen-bond donors (Lipinski definition) is 1. The summed E-state index contributed by atoms with van der Waals surface area (Å²) in [6.45, 7) is 4.80. The average Bonchev–Trinajstić information content (AvgIpc) is 2.70. The van der Waals surface area contributed by atoms with Crippen molar-refractivity contribution in [1.82, 2.24) is 0 Å². The van der Waals surface area contributed by atoms with Crippen molar-refractivity contribution in [3.05, 3.63) is 29.8 Å². The minimum Gasteiger partial charge on any atom is -0.396 e. The van der Waals surface area contributed by atoms with Crippen molar-refractivity contribution in [3.8, 4) is 0 Å². The van der Waals surface area contributed by atoms with Crippen LogP contribution < -0.4 is 4.90 Å². The van der Waals surface area contributed by atoms with Crippen molar-refractivity contribution in [3.63, 3.8) is 0 Å². The van der Waals surface area contributed by atoms with E-state index in [-0.39, 0.29) is 0 Å². The fourth-order valence-electron chi connectivity index (χ4n) is 2.96. The van der Waals surface area contributed by atoms with Crippen molar-refractivity contribution in [1.29, 1.82) is 0 Å². The lowest BCUT2D eigenvalue weighted by Gasteiger charge is -2.22. The number of nitrogens with zero attached hydrogens (tertiary/aromatic N) is 1. The van der Waals surface area contributed by atoms with Crippen LogP contribution in [0.1, 0.15) is 5.56 Å². The van der Waals surface area contributed by atoms with E-state index < -0.39 is 0 Å². The Morgan fingerprint density at radius 1 is 1.33 bits per heavy atom. The van der Waals surface area contributed by atoms with Crippen LogP contribution in [0.25, 0.3) is 0 Å². The van der Waals surface area contributed by atoms with Crippen molar-refractivity contribution in [2.45, 2.75) is 6.92 Å². The topological polar surface area (TPSA) is 23.5 Å². The lowest BCUT2D eigenvalue weighted by molar-refractivity contribution is 0.260. The van der Waals surface area contributed by atoms with Gasteiger partial charge in [0.2, 0.25) is 0 Å². The van der Waals surface area contributed by atoms with Crippen LogP contribution in [0.2, 0.25) is 0 Å². The molecule has 1 N–H and O–H groups in total. The van der Waals surface area contributed by atoms with Crippen LogP contribution in [0, 0.1) is 24.7 Å². The number of anilines is 1. The van der Waals surface area contributed by atoms with E-state index in [2.05, 4.69) is 36.1 Å². The molecule has 2 unspecified atom stereocenters. The molecule has 3 rings (SSSR count). The van der Waals surface area contributed by atoms with Gasteiger partial charge in [-0.2, -0.15) is 0 Å². The van der Waals surface area contributed by atoms with Gasteiger partial charge in [-0.15, -0.1) is 0 Å². The molecule has 0 aromatic heterocycles. The maximum Gasteiger partial charge on any atom is 0.0466 e. The van der Waals surface area contributed by atoms with Gasteiger partial charge in [0.05, 0.1) is 0 Å². The van der Waals surface area contributed by atoms with E-state index in [0.717, 1.165) is 24.9 Å². The number of aliphatic hydroxyl groups excluding tert-OH is 1.